The lowest BCUT2D eigenvalue weighted by Gasteiger charge is -2.17. The molecule has 0 aliphatic heterocycles. The molecule has 0 spiro atoms. The van der Waals surface area contributed by atoms with Crippen molar-refractivity contribution in [2.75, 3.05) is 31.9 Å². The van der Waals surface area contributed by atoms with E-state index < -0.39 is 0 Å². The maximum atomic E-state index is 6.08. The van der Waals surface area contributed by atoms with E-state index in [0.29, 0.717) is 52.4 Å². The Labute approximate surface area is 138 Å². The zero-order chi connectivity index (χ0) is 17.3. The molecule has 0 radical (unpaired) electrons. The highest BCUT2D eigenvalue weighted by Gasteiger charge is 2.15. The largest absolute Gasteiger partial charge is 0.493 e. The molecule has 126 valence electrons. The fourth-order valence-corrected chi connectivity index (χ4v) is 2.33. The maximum absolute atomic E-state index is 6.08. The van der Waals surface area contributed by atoms with Crippen molar-refractivity contribution in [1.82, 2.24) is 20.1 Å². The molecule has 2 aromatic heterocycles. The lowest BCUT2D eigenvalue weighted by Crippen LogP contribution is -2.20. The predicted octanol–water partition coefficient (Wildman–Crippen LogP) is 1.56. The third-order valence-corrected chi connectivity index (χ3v) is 3.51. The van der Waals surface area contributed by atoms with Crippen molar-refractivity contribution < 1.29 is 14.0 Å². The minimum atomic E-state index is 0.354. The summed E-state index contributed by atoms with van der Waals surface area (Å²) in [5.74, 6) is 3.01. The van der Waals surface area contributed by atoms with Gasteiger partial charge < -0.3 is 24.6 Å². The topological polar surface area (TPSA) is 112 Å². The van der Waals surface area contributed by atoms with Gasteiger partial charge in [0.15, 0.2) is 17.3 Å². The van der Waals surface area contributed by atoms with E-state index in [0.717, 1.165) is 0 Å². The van der Waals surface area contributed by atoms with Gasteiger partial charge in [0.1, 0.15) is 5.82 Å². The smallest absolute Gasteiger partial charge is 0.228 e. The molecule has 0 saturated heterocycles. The average Bonchev–Trinajstić information content (AvgIpc) is 2.98. The highest BCUT2D eigenvalue weighted by molar-refractivity contribution is 5.91. The van der Waals surface area contributed by atoms with Crippen LogP contribution in [0.5, 0.6) is 11.5 Å². The number of nitrogen functional groups attached to an aromatic ring is 1. The van der Waals surface area contributed by atoms with Gasteiger partial charge in [0.25, 0.3) is 0 Å². The molecular formula is C15H18N6O3. The molecule has 0 aliphatic rings. The van der Waals surface area contributed by atoms with Crippen molar-refractivity contribution in [3.8, 4) is 11.5 Å². The first-order valence-electron chi connectivity index (χ1n) is 7.21. The Morgan fingerprint density at radius 3 is 2.46 bits per heavy atom. The Morgan fingerprint density at radius 1 is 1.12 bits per heavy atom. The van der Waals surface area contributed by atoms with E-state index in [9.17, 15) is 0 Å². The van der Waals surface area contributed by atoms with E-state index in [4.69, 9.17) is 19.7 Å². The highest BCUT2D eigenvalue weighted by atomic mass is 16.5. The standard InChI is InChI=1S/C15H18N6O3/c1-8-17-13(20-24-8)7-21(2)15-18-10-6-12(23-4)11(22-3)5-9(10)14(16)19-15/h5-6H,7H2,1-4H3,(H2,16,18,19). The fraction of sp³-hybridized carbons (Fsp3) is 0.333. The Bertz CT molecular complexity index is 879. The number of aryl methyl sites for hydroxylation is 1. The van der Waals surface area contributed by atoms with E-state index in [1.54, 1.807) is 38.2 Å². The number of benzene rings is 1. The van der Waals surface area contributed by atoms with Crippen molar-refractivity contribution >= 4 is 22.7 Å². The van der Waals surface area contributed by atoms with Gasteiger partial charge in [-0.3, -0.25) is 0 Å². The van der Waals surface area contributed by atoms with E-state index in [1.165, 1.54) is 0 Å². The Hall–Kier alpha value is -3.10. The van der Waals surface area contributed by atoms with Gasteiger partial charge in [-0.15, -0.1) is 0 Å². The van der Waals surface area contributed by atoms with Crippen LogP contribution in [0.25, 0.3) is 10.9 Å². The predicted molar refractivity (Wildman–Crippen MR) is 88.2 cm³/mol. The van der Waals surface area contributed by atoms with Crippen molar-refractivity contribution in [3.63, 3.8) is 0 Å². The molecule has 9 nitrogen and oxygen atoms in total. The van der Waals surface area contributed by atoms with Crippen LogP contribution in [-0.4, -0.2) is 41.4 Å². The van der Waals surface area contributed by atoms with Gasteiger partial charge in [-0.25, -0.2) is 4.98 Å². The van der Waals surface area contributed by atoms with Crippen LogP contribution in [0.1, 0.15) is 11.7 Å². The quantitative estimate of drug-likeness (QED) is 0.744. The molecule has 9 heteroatoms. The van der Waals surface area contributed by atoms with Crippen LogP contribution in [0.4, 0.5) is 11.8 Å². The van der Waals surface area contributed by atoms with Gasteiger partial charge in [-0.05, 0) is 6.07 Å². The number of hydrogen-bond donors (Lipinski definition) is 1. The van der Waals surface area contributed by atoms with Gasteiger partial charge in [0.2, 0.25) is 11.8 Å². The SMILES string of the molecule is COc1cc2nc(N(C)Cc3noc(C)n3)nc(N)c2cc1OC. The first-order chi connectivity index (χ1) is 11.5. The molecule has 0 saturated carbocycles. The average molecular weight is 330 g/mol. The second-order valence-electron chi connectivity index (χ2n) is 5.22. The van der Waals surface area contributed by atoms with Crippen LogP contribution in [-0.2, 0) is 6.54 Å². The van der Waals surface area contributed by atoms with Gasteiger partial charge in [0, 0.05) is 25.4 Å². The zero-order valence-electron chi connectivity index (χ0n) is 13.9. The first-order valence-corrected chi connectivity index (χ1v) is 7.21. The van der Waals surface area contributed by atoms with E-state index >= 15 is 0 Å². The third kappa shape index (κ3) is 2.87. The minimum absolute atomic E-state index is 0.354. The number of aromatic nitrogens is 4. The number of ether oxygens (including phenoxy) is 2. The molecule has 3 rings (SSSR count). The van der Waals surface area contributed by atoms with Gasteiger partial charge in [0.05, 0.1) is 26.3 Å². The summed E-state index contributed by atoms with van der Waals surface area (Å²) in [6, 6.07) is 3.53. The van der Waals surface area contributed by atoms with Crippen molar-refractivity contribution in [2.24, 2.45) is 0 Å². The number of anilines is 2. The summed E-state index contributed by atoms with van der Waals surface area (Å²) in [6.45, 7) is 2.14. The third-order valence-electron chi connectivity index (χ3n) is 3.51. The molecule has 0 amide bonds. The number of nitrogens with zero attached hydrogens (tertiary/aromatic N) is 5. The zero-order valence-corrected chi connectivity index (χ0v) is 13.9. The van der Waals surface area contributed by atoms with Crippen molar-refractivity contribution in [2.45, 2.75) is 13.5 Å². The Balaban J connectivity index is 1.99. The first kappa shape index (κ1) is 15.8. The molecule has 0 aliphatic carbocycles. The molecular weight excluding hydrogens is 312 g/mol. The lowest BCUT2D eigenvalue weighted by molar-refractivity contribution is 0.356. The van der Waals surface area contributed by atoms with Crippen molar-refractivity contribution in [1.29, 1.82) is 0 Å². The summed E-state index contributed by atoms with van der Waals surface area (Å²) in [5, 5.41) is 4.56. The second kappa shape index (κ2) is 6.19. The molecule has 3 aromatic rings. The van der Waals surface area contributed by atoms with Crippen LogP contribution < -0.4 is 20.1 Å². The molecule has 0 unspecified atom stereocenters. The summed E-state index contributed by atoms with van der Waals surface area (Å²) in [7, 11) is 4.96. The molecule has 0 fully saturated rings. The lowest BCUT2D eigenvalue weighted by atomic mass is 10.2. The Morgan fingerprint density at radius 2 is 1.83 bits per heavy atom. The fourth-order valence-electron chi connectivity index (χ4n) is 2.33. The maximum Gasteiger partial charge on any atom is 0.228 e. The molecule has 2 N–H and O–H groups in total. The number of methoxy groups -OCH3 is 2. The van der Waals surface area contributed by atoms with Crippen LogP contribution in [0.2, 0.25) is 0 Å². The number of nitrogens with two attached hydrogens (primary N) is 1. The molecule has 24 heavy (non-hydrogen) atoms. The number of hydrogen-bond acceptors (Lipinski definition) is 9. The highest BCUT2D eigenvalue weighted by Crippen LogP contribution is 2.34. The number of fused-ring (bicyclic) bond motifs is 1. The van der Waals surface area contributed by atoms with Crippen LogP contribution in [0, 0.1) is 6.92 Å². The minimum Gasteiger partial charge on any atom is -0.493 e. The van der Waals surface area contributed by atoms with Crippen LogP contribution in [0.3, 0.4) is 0 Å². The van der Waals surface area contributed by atoms with Crippen LogP contribution >= 0.6 is 0 Å². The van der Waals surface area contributed by atoms with Gasteiger partial charge >= 0.3 is 0 Å². The van der Waals surface area contributed by atoms with E-state index in [-0.39, 0.29) is 0 Å². The van der Waals surface area contributed by atoms with Gasteiger partial charge in [-0.2, -0.15) is 9.97 Å². The summed E-state index contributed by atoms with van der Waals surface area (Å²) < 4.78 is 15.6. The van der Waals surface area contributed by atoms with E-state index in [2.05, 4.69) is 20.1 Å². The molecule has 2 heterocycles. The molecule has 0 bridgehead atoms. The molecule has 0 atom stereocenters. The summed E-state index contributed by atoms with van der Waals surface area (Å²) in [4.78, 5) is 14.8. The van der Waals surface area contributed by atoms with Crippen molar-refractivity contribution in [3.05, 3.63) is 23.8 Å². The number of rotatable bonds is 5. The normalized spacial score (nSPS) is 10.8. The Kier molecular flexibility index (Phi) is 4.07. The monoisotopic (exact) mass is 330 g/mol. The van der Waals surface area contributed by atoms with E-state index in [1.807, 2.05) is 7.05 Å². The van der Waals surface area contributed by atoms with Gasteiger partial charge in [-0.1, -0.05) is 5.16 Å². The van der Waals surface area contributed by atoms with Crippen LogP contribution in [0.15, 0.2) is 16.7 Å². The molecule has 1 aromatic carbocycles. The summed E-state index contributed by atoms with van der Waals surface area (Å²) >= 11 is 0. The second-order valence-corrected chi connectivity index (χ2v) is 5.22. The summed E-state index contributed by atoms with van der Waals surface area (Å²) in [5.41, 5.74) is 6.74. The summed E-state index contributed by atoms with van der Waals surface area (Å²) in [6.07, 6.45) is 0.